The standard InChI is InChI=1S/C14H21N3O2/c1-4-11-8-17(6-5-13(11)18)14(19)12-7-9(2)15-16-10(12)3/h7,11,13,18H,4-6,8H2,1-3H3. The molecule has 2 atom stereocenters. The summed E-state index contributed by atoms with van der Waals surface area (Å²) in [7, 11) is 0. The maximum absolute atomic E-state index is 12.5. The fourth-order valence-corrected chi connectivity index (χ4v) is 2.54. The van der Waals surface area contributed by atoms with Crippen LogP contribution in [-0.4, -0.2) is 45.3 Å². The second-order valence-corrected chi connectivity index (χ2v) is 5.26. The summed E-state index contributed by atoms with van der Waals surface area (Å²) in [6, 6.07) is 1.79. The van der Waals surface area contributed by atoms with Gasteiger partial charge in [0.05, 0.1) is 23.1 Å². The number of aliphatic hydroxyl groups excluding tert-OH is 1. The Morgan fingerprint density at radius 1 is 1.47 bits per heavy atom. The minimum absolute atomic E-state index is 0.000787. The van der Waals surface area contributed by atoms with E-state index in [1.165, 1.54) is 0 Å². The fourth-order valence-electron chi connectivity index (χ4n) is 2.54. The van der Waals surface area contributed by atoms with E-state index in [1.807, 2.05) is 18.7 Å². The molecule has 2 rings (SSSR count). The highest BCUT2D eigenvalue weighted by Gasteiger charge is 2.30. The van der Waals surface area contributed by atoms with E-state index in [4.69, 9.17) is 0 Å². The molecule has 1 saturated heterocycles. The van der Waals surface area contributed by atoms with Crippen molar-refractivity contribution in [1.29, 1.82) is 0 Å². The summed E-state index contributed by atoms with van der Waals surface area (Å²) in [5.74, 6) is 0.176. The molecule has 2 unspecified atom stereocenters. The molecule has 0 radical (unpaired) electrons. The van der Waals surface area contributed by atoms with Gasteiger partial charge in [-0.25, -0.2) is 0 Å². The monoisotopic (exact) mass is 263 g/mol. The van der Waals surface area contributed by atoms with Crippen LogP contribution >= 0.6 is 0 Å². The van der Waals surface area contributed by atoms with Gasteiger partial charge < -0.3 is 10.0 Å². The van der Waals surface area contributed by atoms with Crippen molar-refractivity contribution in [2.75, 3.05) is 13.1 Å². The Morgan fingerprint density at radius 3 is 2.89 bits per heavy atom. The van der Waals surface area contributed by atoms with Crippen LogP contribution in [0.4, 0.5) is 0 Å². The van der Waals surface area contributed by atoms with Crippen LogP contribution in [-0.2, 0) is 0 Å². The number of aryl methyl sites for hydroxylation is 2. The predicted octanol–water partition coefficient (Wildman–Crippen LogP) is 1.33. The number of hydrogen-bond acceptors (Lipinski definition) is 4. The van der Waals surface area contributed by atoms with Gasteiger partial charge in [-0.05, 0) is 32.8 Å². The zero-order valence-corrected chi connectivity index (χ0v) is 11.8. The SMILES string of the molecule is CCC1CN(C(=O)c2cc(C)nnc2C)CCC1O. The molecule has 1 amide bonds. The Balaban J connectivity index is 2.18. The van der Waals surface area contributed by atoms with Gasteiger partial charge in [0.15, 0.2) is 0 Å². The Morgan fingerprint density at radius 2 is 2.21 bits per heavy atom. The normalized spacial score (nSPS) is 23.5. The summed E-state index contributed by atoms with van der Waals surface area (Å²) in [6.07, 6.45) is 1.26. The Bertz CT molecular complexity index is 476. The van der Waals surface area contributed by atoms with E-state index < -0.39 is 0 Å². The smallest absolute Gasteiger partial charge is 0.255 e. The Hall–Kier alpha value is -1.49. The predicted molar refractivity (Wildman–Crippen MR) is 71.8 cm³/mol. The molecule has 104 valence electrons. The van der Waals surface area contributed by atoms with E-state index in [1.54, 1.807) is 13.0 Å². The topological polar surface area (TPSA) is 66.3 Å². The average molecular weight is 263 g/mol. The summed E-state index contributed by atoms with van der Waals surface area (Å²) >= 11 is 0. The van der Waals surface area contributed by atoms with E-state index in [-0.39, 0.29) is 17.9 Å². The zero-order chi connectivity index (χ0) is 14.0. The van der Waals surface area contributed by atoms with Gasteiger partial charge in [-0.15, -0.1) is 0 Å². The first kappa shape index (κ1) is 13.9. The number of rotatable bonds is 2. The Kier molecular flexibility index (Phi) is 4.14. The lowest BCUT2D eigenvalue weighted by Gasteiger charge is -2.36. The van der Waals surface area contributed by atoms with Crippen LogP contribution in [0.15, 0.2) is 6.07 Å². The summed E-state index contributed by atoms with van der Waals surface area (Å²) in [5, 5.41) is 17.8. The number of amides is 1. The third-order valence-corrected chi connectivity index (χ3v) is 3.84. The maximum Gasteiger partial charge on any atom is 0.255 e. The average Bonchev–Trinajstić information content (AvgIpc) is 2.41. The van der Waals surface area contributed by atoms with Gasteiger partial charge >= 0.3 is 0 Å². The van der Waals surface area contributed by atoms with Gasteiger partial charge in [0.1, 0.15) is 0 Å². The lowest BCUT2D eigenvalue weighted by Crippen LogP contribution is -2.46. The van der Waals surface area contributed by atoms with E-state index in [0.717, 1.165) is 12.1 Å². The van der Waals surface area contributed by atoms with Crippen molar-refractivity contribution in [2.45, 2.75) is 39.7 Å². The van der Waals surface area contributed by atoms with Gasteiger partial charge in [0, 0.05) is 19.0 Å². The van der Waals surface area contributed by atoms with Crippen LogP contribution in [0, 0.1) is 19.8 Å². The molecule has 2 heterocycles. The third kappa shape index (κ3) is 2.92. The molecule has 5 nitrogen and oxygen atoms in total. The van der Waals surface area contributed by atoms with Gasteiger partial charge in [0.25, 0.3) is 5.91 Å². The first-order valence-corrected chi connectivity index (χ1v) is 6.81. The van der Waals surface area contributed by atoms with E-state index in [9.17, 15) is 9.90 Å². The summed E-state index contributed by atoms with van der Waals surface area (Å²) < 4.78 is 0. The van der Waals surface area contributed by atoms with Crippen molar-refractivity contribution in [1.82, 2.24) is 15.1 Å². The number of carbonyl (C=O) groups is 1. The van der Waals surface area contributed by atoms with Crippen molar-refractivity contribution in [2.24, 2.45) is 5.92 Å². The van der Waals surface area contributed by atoms with Crippen LogP contribution in [0.5, 0.6) is 0 Å². The summed E-state index contributed by atoms with van der Waals surface area (Å²) in [4.78, 5) is 14.3. The van der Waals surface area contributed by atoms with E-state index in [2.05, 4.69) is 10.2 Å². The molecular formula is C14H21N3O2. The molecule has 1 aliphatic heterocycles. The molecule has 19 heavy (non-hydrogen) atoms. The zero-order valence-electron chi connectivity index (χ0n) is 11.8. The largest absolute Gasteiger partial charge is 0.393 e. The van der Waals surface area contributed by atoms with Crippen molar-refractivity contribution in [3.63, 3.8) is 0 Å². The molecule has 0 aromatic carbocycles. The molecule has 0 aliphatic carbocycles. The first-order chi connectivity index (χ1) is 9.02. The van der Waals surface area contributed by atoms with Crippen molar-refractivity contribution in [3.05, 3.63) is 23.0 Å². The van der Waals surface area contributed by atoms with Crippen molar-refractivity contribution < 1.29 is 9.90 Å². The summed E-state index contributed by atoms with van der Waals surface area (Å²) in [6.45, 7) is 6.91. The van der Waals surface area contributed by atoms with Gasteiger partial charge in [-0.2, -0.15) is 10.2 Å². The van der Waals surface area contributed by atoms with Crippen LogP contribution in [0.1, 0.15) is 41.5 Å². The highest BCUT2D eigenvalue weighted by Crippen LogP contribution is 2.22. The number of piperidine rings is 1. The third-order valence-electron chi connectivity index (χ3n) is 3.84. The number of likely N-dealkylation sites (tertiary alicyclic amines) is 1. The van der Waals surface area contributed by atoms with Crippen molar-refractivity contribution in [3.8, 4) is 0 Å². The first-order valence-electron chi connectivity index (χ1n) is 6.81. The van der Waals surface area contributed by atoms with Crippen LogP contribution in [0.2, 0.25) is 0 Å². The van der Waals surface area contributed by atoms with Gasteiger partial charge in [-0.1, -0.05) is 6.92 Å². The molecule has 0 saturated carbocycles. The molecule has 1 aromatic rings. The molecule has 1 fully saturated rings. The Labute approximate surface area is 113 Å². The molecule has 0 bridgehead atoms. The molecular weight excluding hydrogens is 242 g/mol. The second kappa shape index (κ2) is 5.65. The number of carbonyl (C=O) groups excluding carboxylic acids is 1. The minimum atomic E-state index is -0.285. The second-order valence-electron chi connectivity index (χ2n) is 5.26. The van der Waals surface area contributed by atoms with Gasteiger partial charge in [0.2, 0.25) is 0 Å². The highest BCUT2D eigenvalue weighted by atomic mass is 16.3. The number of hydrogen-bond donors (Lipinski definition) is 1. The molecule has 5 heteroatoms. The highest BCUT2D eigenvalue weighted by molar-refractivity contribution is 5.95. The minimum Gasteiger partial charge on any atom is -0.393 e. The molecule has 0 spiro atoms. The fraction of sp³-hybridized carbons (Fsp3) is 0.643. The molecule has 1 N–H and O–H groups in total. The van der Waals surface area contributed by atoms with Gasteiger partial charge in [-0.3, -0.25) is 4.79 Å². The number of aliphatic hydroxyl groups is 1. The molecule has 1 aliphatic rings. The number of aromatic nitrogens is 2. The number of nitrogens with zero attached hydrogens (tertiary/aromatic N) is 3. The maximum atomic E-state index is 12.5. The quantitative estimate of drug-likeness (QED) is 0.874. The lowest BCUT2D eigenvalue weighted by molar-refractivity contribution is 0.0228. The van der Waals surface area contributed by atoms with Crippen LogP contribution in [0.3, 0.4) is 0 Å². The molecule has 1 aromatic heterocycles. The summed E-state index contributed by atoms with van der Waals surface area (Å²) in [5.41, 5.74) is 2.03. The lowest BCUT2D eigenvalue weighted by atomic mass is 9.92. The van der Waals surface area contributed by atoms with E-state index in [0.29, 0.717) is 30.8 Å². The van der Waals surface area contributed by atoms with Crippen LogP contribution < -0.4 is 0 Å². The van der Waals surface area contributed by atoms with E-state index >= 15 is 0 Å². The van der Waals surface area contributed by atoms with Crippen molar-refractivity contribution >= 4 is 5.91 Å². The van der Waals surface area contributed by atoms with Crippen LogP contribution in [0.25, 0.3) is 0 Å².